The van der Waals surface area contributed by atoms with Gasteiger partial charge in [-0.2, -0.15) is 0 Å². The Balaban J connectivity index is 0. The molecular weight excluding hydrogens is 228 g/mol. The summed E-state index contributed by atoms with van der Waals surface area (Å²) in [5.74, 6) is 1.56. The van der Waals surface area contributed by atoms with Crippen LogP contribution in [0.3, 0.4) is 0 Å². The highest BCUT2D eigenvalue weighted by atomic mass is 14.3. The van der Waals surface area contributed by atoms with Crippen molar-refractivity contribution >= 4 is 0 Å². The zero-order chi connectivity index (χ0) is 15.5. The molecular formula is C19H36. The molecule has 0 fully saturated rings. The highest BCUT2D eigenvalue weighted by molar-refractivity contribution is 5.23. The lowest BCUT2D eigenvalue weighted by molar-refractivity contribution is 0.372. The summed E-state index contributed by atoms with van der Waals surface area (Å²) in [6.07, 6.45) is 1.31. The number of hydrogen-bond acceptors (Lipinski definition) is 0. The summed E-state index contributed by atoms with van der Waals surface area (Å²) in [5.41, 5.74) is 1.72. The van der Waals surface area contributed by atoms with E-state index in [0.717, 1.165) is 5.92 Å². The summed E-state index contributed by atoms with van der Waals surface area (Å²) in [4.78, 5) is 0. The summed E-state index contributed by atoms with van der Waals surface area (Å²) in [5, 5.41) is 0. The molecule has 112 valence electrons. The van der Waals surface area contributed by atoms with Crippen LogP contribution in [-0.2, 0) is 5.41 Å². The van der Waals surface area contributed by atoms with Gasteiger partial charge in [-0.25, -0.2) is 0 Å². The lowest BCUT2D eigenvalue weighted by atomic mass is 9.75. The molecule has 0 nitrogen and oxygen atoms in total. The molecule has 0 N–H and O–H groups in total. The predicted molar refractivity (Wildman–Crippen MR) is 90.8 cm³/mol. The molecule has 0 aliphatic rings. The molecule has 0 heteroatoms. The van der Waals surface area contributed by atoms with Gasteiger partial charge in [0.05, 0.1) is 0 Å². The van der Waals surface area contributed by atoms with Gasteiger partial charge in [-0.15, -0.1) is 0 Å². The lowest BCUT2D eigenvalue weighted by Gasteiger charge is -2.29. The van der Waals surface area contributed by atoms with Crippen molar-refractivity contribution in [3.05, 3.63) is 35.9 Å². The Morgan fingerprint density at radius 2 is 1.26 bits per heavy atom. The van der Waals surface area contributed by atoms with Crippen molar-refractivity contribution in [1.82, 2.24) is 0 Å². The van der Waals surface area contributed by atoms with Crippen molar-refractivity contribution in [3.8, 4) is 0 Å². The Morgan fingerprint density at radius 3 is 1.53 bits per heavy atom. The molecule has 0 aliphatic heterocycles. The van der Waals surface area contributed by atoms with Gasteiger partial charge in [-0.1, -0.05) is 99.1 Å². The van der Waals surface area contributed by atoms with Crippen LogP contribution in [-0.4, -0.2) is 0 Å². The molecule has 0 aromatic heterocycles. The van der Waals surface area contributed by atoms with Crippen molar-refractivity contribution in [2.45, 2.75) is 74.1 Å². The van der Waals surface area contributed by atoms with Crippen molar-refractivity contribution < 1.29 is 0 Å². The average Bonchev–Trinajstić information content (AvgIpc) is 2.42. The topological polar surface area (TPSA) is 0 Å². The van der Waals surface area contributed by atoms with Crippen molar-refractivity contribution in [3.63, 3.8) is 0 Å². The van der Waals surface area contributed by atoms with E-state index in [9.17, 15) is 0 Å². The third-order valence-electron chi connectivity index (χ3n) is 3.78. The first-order valence-electron chi connectivity index (χ1n) is 7.87. The van der Waals surface area contributed by atoms with E-state index >= 15 is 0 Å². The highest BCUT2D eigenvalue weighted by Gasteiger charge is 2.23. The molecule has 1 aromatic carbocycles. The summed E-state index contributed by atoms with van der Waals surface area (Å²) >= 11 is 0. The molecule has 0 atom stereocenters. The zero-order valence-electron chi connectivity index (χ0n) is 14.7. The monoisotopic (exact) mass is 264 g/mol. The van der Waals surface area contributed by atoms with Gasteiger partial charge in [0, 0.05) is 0 Å². The van der Waals surface area contributed by atoms with Gasteiger partial charge < -0.3 is 0 Å². The van der Waals surface area contributed by atoms with E-state index in [-0.39, 0.29) is 0 Å². The second kappa shape index (κ2) is 11.1. The number of rotatable bonds is 3. The quantitative estimate of drug-likeness (QED) is 0.570. The van der Waals surface area contributed by atoms with Gasteiger partial charge in [0.2, 0.25) is 0 Å². The molecule has 0 amide bonds. The molecule has 0 bridgehead atoms. The lowest BCUT2D eigenvalue weighted by Crippen LogP contribution is -2.23. The van der Waals surface area contributed by atoms with E-state index in [2.05, 4.69) is 78.8 Å². The van der Waals surface area contributed by atoms with Crippen LogP contribution in [0.5, 0.6) is 0 Å². The Kier molecular flexibility index (Phi) is 12.0. The SMILES string of the molecule is CC.CC(C)C(C)(C)c1ccccc1.CCC(C)C. The van der Waals surface area contributed by atoms with Crippen LogP contribution in [0.4, 0.5) is 0 Å². The third kappa shape index (κ3) is 8.86. The maximum Gasteiger partial charge on any atom is -0.00806 e. The summed E-state index contributed by atoms with van der Waals surface area (Å²) < 4.78 is 0. The first-order chi connectivity index (χ1) is 8.82. The molecule has 1 aromatic rings. The van der Waals surface area contributed by atoms with Crippen molar-refractivity contribution in [2.24, 2.45) is 11.8 Å². The fourth-order valence-electron chi connectivity index (χ4n) is 1.20. The van der Waals surface area contributed by atoms with Crippen molar-refractivity contribution in [1.29, 1.82) is 0 Å². The van der Waals surface area contributed by atoms with Gasteiger partial charge in [-0.3, -0.25) is 0 Å². The fourth-order valence-corrected chi connectivity index (χ4v) is 1.20. The van der Waals surface area contributed by atoms with E-state index < -0.39 is 0 Å². The van der Waals surface area contributed by atoms with Crippen LogP contribution in [0.25, 0.3) is 0 Å². The summed E-state index contributed by atoms with van der Waals surface area (Å²) in [6, 6.07) is 10.7. The minimum atomic E-state index is 0.293. The van der Waals surface area contributed by atoms with Crippen LogP contribution in [0.2, 0.25) is 0 Å². The molecule has 0 unspecified atom stereocenters. The third-order valence-corrected chi connectivity index (χ3v) is 3.78. The van der Waals surface area contributed by atoms with Crippen molar-refractivity contribution in [2.75, 3.05) is 0 Å². The van der Waals surface area contributed by atoms with E-state index in [0.29, 0.717) is 11.3 Å². The standard InChI is InChI=1S/C12H18.C5H12.C2H6/c1-10(2)12(3,4)11-8-6-5-7-9-11;1-4-5(2)3;1-2/h5-10H,1-4H3;5H,4H2,1-3H3;1-2H3. The van der Waals surface area contributed by atoms with Gasteiger partial charge >= 0.3 is 0 Å². The molecule has 0 radical (unpaired) electrons. The number of hydrogen-bond donors (Lipinski definition) is 0. The maximum atomic E-state index is 2.30. The summed E-state index contributed by atoms with van der Waals surface area (Å²) in [6.45, 7) is 19.8. The second-order valence-corrected chi connectivity index (χ2v) is 6.04. The van der Waals surface area contributed by atoms with Crippen LogP contribution in [0.1, 0.15) is 74.3 Å². The maximum absolute atomic E-state index is 2.30. The predicted octanol–water partition coefficient (Wildman–Crippen LogP) is 6.70. The van der Waals surface area contributed by atoms with Crippen LogP contribution < -0.4 is 0 Å². The first kappa shape index (κ1) is 20.5. The molecule has 0 spiro atoms. The van der Waals surface area contributed by atoms with Crippen LogP contribution in [0.15, 0.2) is 30.3 Å². The smallest absolute Gasteiger partial charge is 0.00806 e. The van der Waals surface area contributed by atoms with E-state index in [1.807, 2.05) is 13.8 Å². The molecule has 19 heavy (non-hydrogen) atoms. The molecule has 0 heterocycles. The molecule has 0 aliphatic carbocycles. The van der Waals surface area contributed by atoms with E-state index in [1.54, 1.807) is 0 Å². The van der Waals surface area contributed by atoms with Gasteiger partial charge in [0.1, 0.15) is 0 Å². The van der Waals surface area contributed by atoms with E-state index in [1.165, 1.54) is 12.0 Å². The molecule has 0 saturated carbocycles. The normalized spacial score (nSPS) is 10.5. The molecule has 1 rings (SSSR count). The van der Waals surface area contributed by atoms with E-state index in [4.69, 9.17) is 0 Å². The average molecular weight is 264 g/mol. The zero-order valence-corrected chi connectivity index (χ0v) is 14.7. The Morgan fingerprint density at radius 1 is 0.895 bits per heavy atom. The largest absolute Gasteiger partial charge is 0.0683 e. The fraction of sp³-hybridized carbons (Fsp3) is 0.684. The molecule has 0 saturated heterocycles. The highest BCUT2D eigenvalue weighted by Crippen LogP contribution is 2.30. The Bertz CT molecular complexity index is 280. The number of benzene rings is 1. The Labute approximate surface area is 122 Å². The minimum absolute atomic E-state index is 0.293. The van der Waals surface area contributed by atoms with Gasteiger partial charge in [-0.05, 0) is 22.8 Å². The van der Waals surface area contributed by atoms with Crippen LogP contribution in [0, 0.1) is 11.8 Å². The summed E-state index contributed by atoms with van der Waals surface area (Å²) in [7, 11) is 0. The second-order valence-electron chi connectivity index (χ2n) is 6.04. The van der Waals surface area contributed by atoms with Gasteiger partial charge in [0.25, 0.3) is 0 Å². The first-order valence-corrected chi connectivity index (χ1v) is 7.87. The Hall–Kier alpha value is -0.780. The van der Waals surface area contributed by atoms with Crippen LogP contribution >= 0.6 is 0 Å². The van der Waals surface area contributed by atoms with Gasteiger partial charge in [0.15, 0.2) is 0 Å². The minimum Gasteiger partial charge on any atom is -0.0683 e.